The Morgan fingerprint density at radius 1 is 1.10 bits per heavy atom. The first kappa shape index (κ1) is 22.1. The monoisotopic (exact) mass is 440 g/mol. The van der Waals surface area contributed by atoms with Gasteiger partial charge < -0.3 is 14.8 Å². The van der Waals surface area contributed by atoms with Gasteiger partial charge in [-0.25, -0.2) is 4.79 Å². The van der Waals surface area contributed by atoms with Crippen LogP contribution in [-0.2, 0) is 19.1 Å². The number of benzene rings is 2. The second-order valence-corrected chi connectivity index (χ2v) is 7.48. The van der Waals surface area contributed by atoms with Gasteiger partial charge in [-0.1, -0.05) is 36.4 Å². The van der Waals surface area contributed by atoms with Crippen molar-refractivity contribution in [2.45, 2.75) is 13.0 Å². The number of hydrogen-bond acceptors (Lipinski definition) is 7. The summed E-state index contributed by atoms with van der Waals surface area (Å²) in [5.74, 6) is -1.24. The third kappa shape index (κ3) is 5.32. The minimum atomic E-state index is -1.03. The van der Waals surface area contributed by atoms with Crippen molar-refractivity contribution < 1.29 is 28.7 Å². The lowest BCUT2D eigenvalue weighted by Crippen LogP contribution is -2.42. The molecule has 9 heteroatoms. The molecule has 3 rings (SSSR count). The molecule has 0 radical (unpaired) electrons. The quantitative estimate of drug-likeness (QED) is 0.521. The third-order valence-electron chi connectivity index (χ3n) is 4.38. The van der Waals surface area contributed by atoms with Gasteiger partial charge in [0.05, 0.1) is 12.0 Å². The molecule has 0 bridgehead atoms. The van der Waals surface area contributed by atoms with Gasteiger partial charge in [0.1, 0.15) is 11.8 Å². The SMILES string of the molecule is COC(=O)[C@H](C)N1C(=O)S/C(=C/c2ccccc2OCC(=O)Nc2ccccc2)C1=O. The first-order valence-electron chi connectivity index (χ1n) is 9.32. The maximum atomic E-state index is 12.7. The Hall–Kier alpha value is -3.59. The van der Waals surface area contributed by atoms with Crippen LogP contribution in [0.2, 0.25) is 0 Å². The van der Waals surface area contributed by atoms with E-state index in [0.717, 1.165) is 16.7 Å². The van der Waals surface area contributed by atoms with Crippen LogP contribution in [0.25, 0.3) is 6.08 Å². The molecule has 2 aromatic rings. The van der Waals surface area contributed by atoms with Crippen molar-refractivity contribution in [3.8, 4) is 5.75 Å². The maximum absolute atomic E-state index is 12.7. The first-order chi connectivity index (χ1) is 14.9. The van der Waals surface area contributed by atoms with E-state index in [9.17, 15) is 19.2 Å². The summed E-state index contributed by atoms with van der Waals surface area (Å²) in [4.78, 5) is 49.8. The summed E-state index contributed by atoms with van der Waals surface area (Å²) in [5, 5.41) is 2.16. The number of methoxy groups -OCH3 is 1. The number of thioether (sulfide) groups is 1. The lowest BCUT2D eigenvalue weighted by atomic mass is 10.1. The van der Waals surface area contributed by atoms with Gasteiger partial charge >= 0.3 is 5.97 Å². The van der Waals surface area contributed by atoms with Gasteiger partial charge in [0.15, 0.2) is 6.61 Å². The van der Waals surface area contributed by atoms with Gasteiger partial charge in [0.25, 0.3) is 17.1 Å². The van der Waals surface area contributed by atoms with Gasteiger partial charge in [-0.2, -0.15) is 0 Å². The summed E-state index contributed by atoms with van der Waals surface area (Å²) >= 11 is 0.724. The van der Waals surface area contributed by atoms with Crippen molar-refractivity contribution in [3.05, 3.63) is 65.1 Å². The van der Waals surface area contributed by atoms with E-state index in [0.29, 0.717) is 17.0 Å². The zero-order chi connectivity index (χ0) is 22.4. The molecule has 160 valence electrons. The van der Waals surface area contributed by atoms with Gasteiger partial charge in [-0.3, -0.25) is 19.3 Å². The summed E-state index contributed by atoms with van der Waals surface area (Å²) in [6.07, 6.45) is 1.50. The van der Waals surface area contributed by atoms with Crippen LogP contribution in [0.4, 0.5) is 10.5 Å². The van der Waals surface area contributed by atoms with Crippen LogP contribution in [-0.4, -0.2) is 47.7 Å². The molecule has 2 aromatic carbocycles. The molecule has 1 aliphatic rings. The zero-order valence-corrected chi connectivity index (χ0v) is 17.7. The minimum Gasteiger partial charge on any atom is -0.483 e. The summed E-state index contributed by atoms with van der Waals surface area (Å²) in [6.45, 7) is 1.19. The second-order valence-electron chi connectivity index (χ2n) is 6.49. The van der Waals surface area contributed by atoms with E-state index >= 15 is 0 Å². The molecule has 0 spiro atoms. The number of nitrogens with one attached hydrogen (secondary N) is 1. The average molecular weight is 440 g/mol. The van der Waals surface area contributed by atoms with Crippen molar-refractivity contribution in [1.82, 2.24) is 4.90 Å². The number of esters is 1. The molecule has 0 aliphatic carbocycles. The average Bonchev–Trinajstić information content (AvgIpc) is 3.05. The molecule has 1 N–H and O–H groups in total. The van der Waals surface area contributed by atoms with Crippen molar-refractivity contribution in [2.24, 2.45) is 0 Å². The number of carbonyl (C=O) groups excluding carboxylic acids is 4. The van der Waals surface area contributed by atoms with Crippen molar-refractivity contribution >= 4 is 46.5 Å². The fourth-order valence-electron chi connectivity index (χ4n) is 2.82. The highest BCUT2D eigenvalue weighted by atomic mass is 32.2. The van der Waals surface area contributed by atoms with Crippen molar-refractivity contribution in [2.75, 3.05) is 19.0 Å². The van der Waals surface area contributed by atoms with Crippen LogP contribution in [0.15, 0.2) is 59.5 Å². The Morgan fingerprint density at radius 2 is 1.77 bits per heavy atom. The molecule has 1 atom stereocenters. The molecule has 31 heavy (non-hydrogen) atoms. The van der Waals surface area contributed by atoms with Crippen LogP contribution in [0.5, 0.6) is 5.75 Å². The number of amides is 3. The number of hydrogen-bond donors (Lipinski definition) is 1. The Balaban J connectivity index is 1.72. The number of para-hydroxylation sites is 2. The second kappa shape index (κ2) is 9.94. The van der Waals surface area contributed by atoms with E-state index in [1.165, 1.54) is 20.1 Å². The van der Waals surface area contributed by atoms with E-state index < -0.39 is 23.2 Å². The molecule has 0 aromatic heterocycles. The Labute approximate surface area is 183 Å². The van der Waals surface area contributed by atoms with Crippen molar-refractivity contribution in [3.63, 3.8) is 0 Å². The molecule has 0 saturated carbocycles. The molecule has 1 aliphatic heterocycles. The number of rotatable bonds is 7. The van der Waals surface area contributed by atoms with Crippen LogP contribution in [0, 0.1) is 0 Å². The lowest BCUT2D eigenvalue weighted by molar-refractivity contribution is -0.148. The number of anilines is 1. The molecule has 1 fully saturated rings. The number of nitrogens with zero attached hydrogens (tertiary/aromatic N) is 1. The van der Waals surface area contributed by atoms with Gasteiger partial charge in [0.2, 0.25) is 0 Å². The fraction of sp³-hybridized carbons (Fsp3) is 0.182. The third-order valence-corrected chi connectivity index (χ3v) is 5.26. The Bertz CT molecular complexity index is 1040. The molecular formula is C22H20N2O6S. The summed E-state index contributed by atoms with van der Waals surface area (Å²) in [6, 6.07) is 14.8. The van der Waals surface area contributed by atoms with E-state index in [-0.39, 0.29) is 17.4 Å². The molecule has 1 saturated heterocycles. The fourth-order valence-corrected chi connectivity index (χ4v) is 3.72. The Morgan fingerprint density at radius 3 is 2.48 bits per heavy atom. The standard InChI is InChI=1S/C22H20N2O6S/c1-14(21(27)29-2)24-20(26)18(31-22(24)28)12-15-8-6-7-11-17(15)30-13-19(25)23-16-9-4-3-5-10-16/h3-12,14H,13H2,1-2H3,(H,23,25)/b18-12+/t14-/m0/s1. The predicted octanol–water partition coefficient (Wildman–Crippen LogP) is 3.30. The van der Waals surface area contributed by atoms with Crippen LogP contribution >= 0.6 is 11.8 Å². The topological polar surface area (TPSA) is 102 Å². The van der Waals surface area contributed by atoms with E-state index in [4.69, 9.17) is 4.74 Å². The Kier molecular flexibility index (Phi) is 7.09. The molecular weight excluding hydrogens is 420 g/mol. The van der Waals surface area contributed by atoms with Crippen LogP contribution in [0.3, 0.4) is 0 Å². The van der Waals surface area contributed by atoms with E-state index in [1.807, 2.05) is 6.07 Å². The van der Waals surface area contributed by atoms with E-state index in [2.05, 4.69) is 10.1 Å². The zero-order valence-electron chi connectivity index (χ0n) is 16.9. The highest BCUT2D eigenvalue weighted by Gasteiger charge is 2.41. The lowest BCUT2D eigenvalue weighted by Gasteiger charge is -2.18. The number of carbonyl (C=O) groups is 4. The normalized spacial score (nSPS) is 15.7. The highest BCUT2D eigenvalue weighted by molar-refractivity contribution is 8.18. The van der Waals surface area contributed by atoms with Gasteiger partial charge in [-0.05, 0) is 43.0 Å². The van der Waals surface area contributed by atoms with Crippen LogP contribution < -0.4 is 10.1 Å². The number of imide groups is 1. The first-order valence-corrected chi connectivity index (χ1v) is 10.1. The summed E-state index contributed by atoms with van der Waals surface area (Å²) in [7, 11) is 1.19. The highest BCUT2D eigenvalue weighted by Crippen LogP contribution is 2.35. The van der Waals surface area contributed by atoms with Crippen LogP contribution in [0.1, 0.15) is 12.5 Å². The maximum Gasteiger partial charge on any atom is 0.328 e. The van der Waals surface area contributed by atoms with Gasteiger partial charge in [0, 0.05) is 11.3 Å². The molecule has 0 unspecified atom stereocenters. The van der Waals surface area contributed by atoms with Crippen molar-refractivity contribution in [1.29, 1.82) is 0 Å². The smallest absolute Gasteiger partial charge is 0.328 e. The predicted molar refractivity (Wildman–Crippen MR) is 116 cm³/mol. The molecule has 8 nitrogen and oxygen atoms in total. The van der Waals surface area contributed by atoms with E-state index in [1.54, 1.807) is 48.5 Å². The van der Waals surface area contributed by atoms with Gasteiger partial charge in [-0.15, -0.1) is 0 Å². The largest absolute Gasteiger partial charge is 0.483 e. The molecule has 3 amide bonds. The minimum absolute atomic E-state index is 0.144. The summed E-state index contributed by atoms with van der Waals surface area (Å²) < 4.78 is 10.2. The number of ether oxygens (including phenoxy) is 2. The summed E-state index contributed by atoms with van der Waals surface area (Å²) in [5.41, 5.74) is 1.17. The molecule has 1 heterocycles.